The average Bonchev–Trinajstić information content (AvgIpc) is 2.48. The maximum atomic E-state index is 12.3. The van der Waals surface area contributed by atoms with Crippen molar-refractivity contribution in [2.24, 2.45) is 11.7 Å². The highest BCUT2D eigenvalue weighted by Crippen LogP contribution is 2.16. The highest BCUT2D eigenvalue weighted by atomic mass is 16.2. The van der Waals surface area contributed by atoms with Gasteiger partial charge < -0.3 is 16.0 Å². The largest absolute Gasteiger partial charge is 0.366 e. The standard InChI is InChI=1S/C15H21N3O2/c1-18(15(20)13-6-8-17-9-7-13)10-11-2-4-12(5-3-11)14(16)19/h2-5,13,17H,6-10H2,1H3,(H2,16,19). The van der Waals surface area contributed by atoms with E-state index in [1.807, 2.05) is 19.2 Å². The van der Waals surface area contributed by atoms with Gasteiger partial charge in [-0.2, -0.15) is 0 Å². The van der Waals surface area contributed by atoms with Crippen molar-refractivity contribution < 1.29 is 9.59 Å². The normalized spacial score (nSPS) is 15.8. The molecule has 0 atom stereocenters. The summed E-state index contributed by atoms with van der Waals surface area (Å²) in [5.74, 6) is -0.104. The van der Waals surface area contributed by atoms with Gasteiger partial charge in [0.1, 0.15) is 0 Å². The van der Waals surface area contributed by atoms with Crippen molar-refractivity contribution in [3.8, 4) is 0 Å². The lowest BCUT2D eigenvalue weighted by atomic mass is 9.96. The van der Waals surface area contributed by atoms with Crippen LogP contribution >= 0.6 is 0 Å². The van der Waals surface area contributed by atoms with Gasteiger partial charge in [-0.05, 0) is 43.6 Å². The lowest BCUT2D eigenvalue weighted by molar-refractivity contribution is -0.135. The third-order valence-electron chi connectivity index (χ3n) is 3.72. The number of benzene rings is 1. The maximum absolute atomic E-state index is 12.3. The highest BCUT2D eigenvalue weighted by molar-refractivity contribution is 5.92. The first-order valence-corrected chi connectivity index (χ1v) is 6.92. The van der Waals surface area contributed by atoms with Crippen molar-refractivity contribution in [1.29, 1.82) is 0 Å². The third-order valence-corrected chi connectivity index (χ3v) is 3.72. The molecule has 5 nitrogen and oxygen atoms in total. The van der Waals surface area contributed by atoms with E-state index in [9.17, 15) is 9.59 Å². The summed E-state index contributed by atoms with van der Waals surface area (Å²) in [5, 5.41) is 3.26. The summed E-state index contributed by atoms with van der Waals surface area (Å²) in [6, 6.07) is 7.07. The molecule has 3 N–H and O–H groups in total. The van der Waals surface area contributed by atoms with Crippen molar-refractivity contribution in [1.82, 2.24) is 10.2 Å². The predicted molar refractivity (Wildman–Crippen MR) is 77.0 cm³/mol. The molecule has 5 heteroatoms. The average molecular weight is 275 g/mol. The first kappa shape index (κ1) is 14.5. The van der Waals surface area contributed by atoms with Gasteiger partial charge in [0.05, 0.1) is 0 Å². The quantitative estimate of drug-likeness (QED) is 0.851. The Hall–Kier alpha value is -1.88. The lowest BCUT2D eigenvalue weighted by Crippen LogP contribution is -2.38. The fraction of sp³-hybridized carbons (Fsp3) is 0.467. The third kappa shape index (κ3) is 3.57. The van der Waals surface area contributed by atoms with E-state index in [4.69, 9.17) is 5.73 Å². The molecule has 2 rings (SSSR count). The number of amides is 2. The fourth-order valence-corrected chi connectivity index (χ4v) is 2.51. The molecule has 0 bridgehead atoms. The van der Waals surface area contributed by atoms with Gasteiger partial charge in [0.15, 0.2) is 0 Å². The molecule has 0 radical (unpaired) electrons. The smallest absolute Gasteiger partial charge is 0.248 e. The van der Waals surface area contributed by atoms with Crippen LogP contribution in [-0.4, -0.2) is 36.9 Å². The van der Waals surface area contributed by atoms with E-state index in [0.717, 1.165) is 31.5 Å². The summed E-state index contributed by atoms with van der Waals surface area (Å²) in [6.45, 7) is 2.39. The molecule has 1 aliphatic heterocycles. The second-order valence-corrected chi connectivity index (χ2v) is 5.28. The molecule has 1 heterocycles. The molecule has 0 unspecified atom stereocenters. The molecule has 1 saturated heterocycles. The molecule has 0 aliphatic carbocycles. The van der Waals surface area contributed by atoms with Crippen LogP contribution in [0.15, 0.2) is 24.3 Å². The van der Waals surface area contributed by atoms with Crippen molar-refractivity contribution >= 4 is 11.8 Å². The van der Waals surface area contributed by atoms with Crippen LogP contribution in [0.3, 0.4) is 0 Å². The van der Waals surface area contributed by atoms with E-state index >= 15 is 0 Å². The van der Waals surface area contributed by atoms with Gasteiger partial charge in [0.25, 0.3) is 0 Å². The molecule has 1 aliphatic rings. The van der Waals surface area contributed by atoms with Crippen LogP contribution < -0.4 is 11.1 Å². The maximum Gasteiger partial charge on any atom is 0.248 e. The molecule has 108 valence electrons. The molecule has 1 aromatic carbocycles. The molecule has 20 heavy (non-hydrogen) atoms. The molecular formula is C15H21N3O2. The van der Waals surface area contributed by atoms with Gasteiger partial charge in [0.2, 0.25) is 11.8 Å². The first-order chi connectivity index (χ1) is 9.58. The van der Waals surface area contributed by atoms with Gasteiger partial charge in [-0.3, -0.25) is 9.59 Å². The number of carbonyl (C=O) groups is 2. The van der Waals surface area contributed by atoms with Crippen molar-refractivity contribution in [2.75, 3.05) is 20.1 Å². The predicted octanol–water partition coefficient (Wildman–Crippen LogP) is 0.743. The number of primary amides is 1. The molecule has 1 aromatic rings. The summed E-state index contributed by atoms with van der Waals surface area (Å²) < 4.78 is 0. The summed E-state index contributed by atoms with van der Waals surface area (Å²) in [5.41, 5.74) is 6.69. The topological polar surface area (TPSA) is 75.4 Å². The number of nitrogens with two attached hydrogens (primary N) is 1. The second-order valence-electron chi connectivity index (χ2n) is 5.28. The zero-order valence-corrected chi connectivity index (χ0v) is 11.8. The Morgan fingerprint density at radius 2 is 1.85 bits per heavy atom. The van der Waals surface area contributed by atoms with E-state index in [0.29, 0.717) is 12.1 Å². The van der Waals surface area contributed by atoms with Crippen LogP contribution in [0.1, 0.15) is 28.8 Å². The van der Waals surface area contributed by atoms with E-state index in [1.165, 1.54) is 0 Å². The van der Waals surface area contributed by atoms with Crippen molar-refractivity contribution in [2.45, 2.75) is 19.4 Å². The van der Waals surface area contributed by atoms with Gasteiger partial charge >= 0.3 is 0 Å². The number of rotatable bonds is 4. The van der Waals surface area contributed by atoms with E-state index in [-0.39, 0.29) is 11.8 Å². The molecule has 2 amide bonds. The molecule has 0 aromatic heterocycles. The molecule has 0 spiro atoms. The molecular weight excluding hydrogens is 254 g/mol. The van der Waals surface area contributed by atoms with Crippen molar-refractivity contribution in [3.05, 3.63) is 35.4 Å². The van der Waals surface area contributed by atoms with Crippen LogP contribution in [0.5, 0.6) is 0 Å². The Morgan fingerprint density at radius 3 is 2.40 bits per heavy atom. The fourth-order valence-electron chi connectivity index (χ4n) is 2.51. The summed E-state index contributed by atoms with van der Waals surface area (Å²) in [7, 11) is 1.83. The monoisotopic (exact) mass is 275 g/mol. The van der Waals surface area contributed by atoms with Crippen LogP contribution in [0.2, 0.25) is 0 Å². The minimum absolute atomic E-state index is 0.131. The number of carbonyl (C=O) groups excluding carboxylic acids is 2. The van der Waals surface area contributed by atoms with Gasteiger partial charge in [0, 0.05) is 25.1 Å². The molecule has 0 saturated carbocycles. The van der Waals surface area contributed by atoms with Crippen LogP contribution in [0.4, 0.5) is 0 Å². The summed E-state index contributed by atoms with van der Waals surface area (Å²) in [6.07, 6.45) is 1.81. The zero-order valence-electron chi connectivity index (χ0n) is 11.8. The number of hydrogen-bond acceptors (Lipinski definition) is 3. The highest BCUT2D eigenvalue weighted by Gasteiger charge is 2.23. The first-order valence-electron chi connectivity index (χ1n) is 6.92. The number of hydrogen-bond donors (Lipinski definition) is 2. The van der Waals surface area contributed by atoms with Gasteiger partial charge in [-0.15, -0.1) is 0 Å². The summed E-state index contributed by atoms with van der Waals surface area (Å²) in [4.78, 5) is 25.1. The van der Waals surface area contributed by atoms with Crippen LogP contribution in [0.25, 0.3) is 0 Å². The number of nitrogens with one attached hydrogen (secondary N) is 1. The van der Waals surface area contributed by atoms with Gasteiger partial charge in [-0.1, -0.05) is 12.1 Å². The van der Waals surface area contributed by atoms with Crippen LogP contribution in [0, 0.1) is 5.92 Å². The van der Waals surface area contributed by atoms with E-state index in [2.05, 4.69) is 5.32 Å². The molecule has 1 fully saturated rings. The Labute approximate surface area is 119 Å². The zero-order chi connectivity index (χ0) is 14.5. The van der Waals surface area contributed by atoms with Gasteiger partial charge in [-0.25, -0.2) is 0 Å². The van der Waals surface area contributed by atoms with E-state index in [1.54, 1.807) is 17.0 Å². The van der Waals surface area contributed by atoms with Crippen LogP contribution in [-0.2, 0) is 11.3 Å². The summed E-state index contributed by atoms with van der Waals surface area (Å²) >= 11 is 0. The van der Waals surface area contributed by atoms with Crippen molar-refractivity contribution in [3.63, 3.8) is 0 Å². The second kappa shape index (κ2) is 6.52. The number of piperidine rings is 1. The Kier molecular flexibility index (Phi) is 4.74. The Morgan fingerprint density at radius 1 is 1.25 bits per heavy atom. The minimum atomic E-state index is -0.435. The van der Waals surface area contributed by atoms with E-state index < -0.39 is 5.91 Å². The Bertz CT molecular complexity index is 478. The minimum Gasteiger partial charge on any atom is -0.366 e. The lowest BCUT2D eigenvalue weighted by Gasteiger charge is -2.27. The Balaban J connectivity index is 1.94. The SMILES string of the molecule is CN(Cc1ccc(C(N)=O)cc1)C(=O)C1CCNCC1. The number of nitrogens with zero attached hydrogens (tertiary/aromatic N) is 1.